The number of benzene rings is 2. The van der Waals surface area contributed by atoms with Crippen LogP contribution in [0.4, 0.5) is 5.69 Å². The van der Waals surface area contributed by atoms with Crippen LogP contribution in [0.5, 0.6) is 5.75 Å². The molecule has 0 radical (unpaired) electrons. The Bertz CT molecular complexity index is 920. The SMILES string of the molecule is CCOc1ccc(C(=O)CCC(=O)O[C@H](C)C(=O)Nc2cccc(C(C)=O)c2)cc1. The van der Waals surface area contributed by atoms with Crippen LogP contribution in [0.1, 0.15) is 54.3 Å². The van der Waals surface area contributed by atoms with Gasteiger partial charge in [0.15, 0.2) is 17.7 Å². The van der Waals surface area contributed by atoms with Crippen LogP contribution >= 0.6 is 0 Å². The zero-order valence-corrected chi connectivity index (χ0v) is 17.3. The van der Waals surface area contributed by atoms with Crippen LogP contribution in [-0.2, 0) is 14.3 Å². The molecule has 0 fully saturated rings. The number of esters is 1. The number of Topliss-reactive ketones (excluding diaryl/α,β-unsaturated/α-hetero) is 2. The maximum absolute atomic E-state index is 12.2. The Morgan fingerprint density at radius 2 is 1.67 bits per heavy atom. The number of carbonyl (C=O) groups is 4. The number of rotatable bonds is 10. The second-order valence-corrected chi connectivity index (χ2v) is 6.64. The first-order chi connectivity index (χ1) is 14.3. The highest BCUT2D eigenvalue weighted by atomic mass is 16.5. The van der Waals surface area contributed by atoms with Gasteiger partial charge in [-0.25, -0.2) is 0 Å². The number of anilines is 1. The summed E-state index contributed by atoms with van der Waals surface area (Å²) in [5.74, 6) is -0.825. The summed E-state index contributed by atoms with van der Waals surface area (Å²) in [7, 11) is 0. The molecule has 0 heterocycles. The number of hydrogen-bond acceptors (Lipinski definition) is 6. The molecular weight excluding hydrogens is 386 g/mol. The molecular formula is C23H25NO6. The molecule has 0 unspecified atom stereocenters. The molecule has 7 heteroatoms. The van der Waals surface area contributed by atoms with Gasteiger partial charge in [0.2, 0.25) is 0 Å². The van der Waals surface area contributed by atoms with E-state index < -0.39 is 18.0 Å². The van der Waals surface area contributed by atoms with Gasteiger partial charge >= 0.3 is 5.97 Å². The number of amides is 1. The van der Waals surface area contributed by atoms with E-state index in [9.17, 15) is 19.2 Å². The van der Waals surface area contributed by atoms with E-state index in [2.05, 4.69) is 5.32 Å². The van der Waals surface area contributed by atoms with Crippen LogP contribution in [0.15, 0.2) is 48.5 Å². The predicted molar refractivity (Wildman–Crippen MR) is 112 cm³/mol. The summed E-state index contributed by atoms with van der Waals surface area (Å²) in [5, 5.41) is 2.60. The van der Waals surface area contributed by atoms with Crippen molar-refractivity contribution in [2.45, 2.75) is 39.7 Å². The molecule has 1 N–H and O–H groups in total. The van der Waals surface area contributed by atoms with E-state index in [1.165, 1.54) is 13.8 Å². The van der Waals surface area contributed by atoms with E-state index in [-0.39, 0.29) is 24.4 Å². The van der Waals surface area contributed by atoms with Crippen molar-refractivity contribution in [2.24, 2.45) is 0 Å². The quantitative estimate of drug-likeness (QED) is 0.471. The predicted octanol–water partition coefficient (Wildman–Crippen LogP) is 3.82. The van der Waals surface area contributed by atoms with Crippen LogP contribution in [-0.4, -0.2) is 36.2 Å². The average molecular weight is 411 g/mol. The molecule has 0 aliphatic heterocycles. The lowest BCUT2D eigenvalue weighted by atomic mass is 10.1. The van der Waals surface area contributed by atoms with Crippen molar-refractivity contribution in [2.75, 3.05) is 11.9 Å². The van der Waals surface area contributed by atoms with E-state index >= 15 is 0 Å². The van der Waals surface area contributed by atoms with Crippen LogP contribution in [0, 0.1) is 0 Å². The Morgan fingerprint density at radius 3 is 2.30 bits per heavy atom. The summed E-state index contributed by atoms with van der Waals surface area (Å²) in [4.78, 5) is 47.9. The first-order valence-corrected chi connectivity index (χ1v) is 9.67. The van der Waals surface area contributed by atoms with E-state index in [1.807, 2.05) is 6.92 Å². The lowest BCUT2D eigenvalue weighted by Crippen LogP contribution is -2.30. The molecule has 0 aliphatic rings. The second-order valence-electron chi connectivity index (χ2n) is 6.64. The number of nitrogens with one attached hydrogen (secondary N) is 1. The highest BCUT2D eigenvalue weighted by molar-refractivity contribution is 5.99. The largest absolute Gasteiger partial charge is 0.494 e. The van der Waals surface area contributed by atoms with Crippen LogP contribution < -0.4 is 10.1 Å². The topological polar surface area (TPSA) is 98.8 Å². The third-order valence-corrected chi connectivity index (χ3v) is 4.26. The molecule has 1 amide bonds. The Kier molecular flexibility index (Phi) is 8.29. The molecule has 0 aliphatic carbocycles. The van der Waals surface area contributed by atoms with Crippen molar-refractivity contribution in [1.82, 2.24) is 0 Å². The Hall–Kier alpha value is -3.48. The molecule has 2 aromatic rings. The minimum Gasteiger partial charge on any atom is -0.494 e. The number of carbonyl (C=O) groups excluding carboxylic acids is 4. The normalized spacial score (nSPS) is 11.3. The zero-order chi connectivity index (χ0) is 22.1. The third kappa shape index (κ3) is 6.84. The summed E-state index contributed by atoms with van der Waals surface area (Å²) < 4.78 is 10.4. The molecule has 2 aromatic carbocycles. The van der Waals surface area contributed by atoms with E-state index in [4.69, 9.17) is 9.47 Å². The Labute approximate surface area is 175 Å². The van der Waals surface area contributed by atoms with Gasteiger partial charge in [-0.3, -0.25) is 19.2 Å². The molecule has 0 saturated heterocycles. The first kappa shape index (κ1) is 22.8. The fourth-order valence-electron chi connectivity index (χ4n) is 2.63. The minimum absolute atomic E-state index is 0.0260. The summed E-state index contributed by atoms with van der Waals surface area (Å²) in [6.07, 6.45) is -1.20. The highest BCUT2D eigenvalue weighted by Gasteiger charge is 2.19. The third-order valence-electron chi connectivity index (χ3n) is 4.26. The van der Waals surface area contributed by atoms with Crippen molar-refractivity contribution in [3.63, 3.8) is 0 Å². The minimum atomic E-state index is -1.04. The monoisotopic (exact) mass is 411 g/mol. The summed E-state index contributed by atoms with van der Waals surface area (Å²) in [6, 6.07) is 13.1. The number of ether oxygens (including phenoxy) is 2. The van der Waals surface area contributed by atoms with Crippen molar-refractivity contribution in [3.8, 4) is 5.75 Å². The zero-order valence-electron chi connectivity index (χ0n) is 17.3. The highest BCUT2D eigenvalue weighted by Crippen LogP contribution is 2.15. The van der Waals surface area contributed by atoms with Gasteiger partial charge in [-0.2, -0.15) is 0 Å². The van der Waals surface area contributed by atoms with E-state index in [1.54, 1.807) is 48.5 Å². The Morgan fingerprint density at radius 1 is 0.967 bits per heavy atom. The molecule has 30 heavy (non-hydrogen) atoms. The van der Waals surface area contributed by atoms with Gasteiger partial charge in [0.05, 0.1) is 13.0 Å². The second kappa shape index (κ2) is 10.9. The van der Waals surface area contributed by atoms with Crippen LogP contribution in [0.2, 0.25) is 0 Å². The van der Waals surface area contributed by atoms with Gasteiger partial charge in [0, 0.05) is 23.2 Å². The average Bonchev–Trinajstić information content (AvgIpc) is 2.73. The molecule has 2 rings (SSSR count). The maximum Gasteiger partial charge on any atom is 0.307 e. The van der Waals surface area contributed by atoms with Crippen LogP contribution in [0.25, 0.3) is 0 Å². The molecule has 0 bridgehead atoms. The van der Waals surface area contributed by atoms with Gasteiger partial charge in [0.1, 0.15) is 5.75 Å². The number of ketones is 2. The van der Waals surface area contributed by atoms with Crippen molar-refractivity contribution >= 4 is 29.1 Å². The number of hydrogen-bond donors (Lipinski definition) is 1. The summed E-state index contributed by atoms with van der Waals surface area (Å²) >= 11 is 0. The molecule has 1 atom stereocenters. The van der Waals surface area contributed by atoms with Crippen LogP contribution in [0.3, 0.4) is 0 Å². The lowest BCUT2D eigenvalue weighted by molar-refractivity contribution is -0.153. The summed E-state index contributed by atoms with van der Waals surface area (Å²) in [5.41, 5.74) is 1.37. The fraction of sp³-hybridized carbons (Fsp3) is 0.304. The van der Waals surface area contributed by atoms with Gasteiger partial charge in [0.25, 0.3) is 5.91 Å². The van der Waals surface area contributed by atoms with Crippen molar-refractivity contribution in [3.05, 3.63) is 59.7 Å². The van der Waals surface area contributed by atoms with E-state index in [0.717, 1.165) is 0 Å². The van der Waals surface area contributed by atoms with Crippen molar-refractivity contribution < 1.29 is 28.7 Å². The smallest absolute Gasteiger partial charge is 0.307 e. The Balaban J connectivity index is 1.82. The fourth-order valence-corrected chi connectivity index (χ4v) is 2.63. The lowest BCUT2D eigenvalue weighted by Gasteiger charge is -2.14. The van der Waals surface area contributed by atoms with Gasteiger partial charge in [-0.05, 0) is 57.2 Å². The molecule has 158 valence electrons. The van der Waals surface area contributed by atoms with E-state index in [0.29, 0.717) is 29.2 Å². The standard InChI is InChI=1S/C23H25NO6/c1-4-29-20-10-8-17(9-11-20)21(26)12-13-22(27)30-16(3)23(28)24-19-7-5-6-18(14-19)15(2)25/h5-11,14,16H,4,12-13H2,1-3H3,(H,24,28)/t16-/m1/s1. The molecule has 0 saturated carbocycles. The van der Waals surface area contributed by atoms with Crippen molar-refractivity contribution in [1.29, 1.82) is 0 Å². The molecule has 0 aromatic heterocycles. The maximum atomic E-state index is 12.2. The van der Waals surface area contributed by atoms with Gasteiger partial charge in [-0.15, -0.1) is 0 Å². The molecule has 7 nitrogen and oxygen atoms in total. The van der Waals surface area contributed by atoms with Gasteiger partial charge in [-0.1, -0.05) is 12.1 Å². The summed E-state index contributed by atoms with van der Waals surface area (Å²) in [6.45, 7) is 5.28. The first-order valence-electron chi connectivity index (χ1n) is 9.67. The molecule has 0 spiro atoms. The van der Waals surface area contributed by atoms with Gasteiger partial charge < -0.3 is 14.8 Å².